The molecule has 1 amide bonds. The van der Waals surface area contributed by atoms with Crippen molar-refractivity contribution in [2.24, 2.45) is 0 Å². The van der Waals surface area contributed by atoms with Crippen LogP contribution in [0.1, 0.15) is 0 Å². The lowest BCUT2D eigenvalue weighted by Crippen LogP contribution is -2.20. The van der Waals surface area contributed by atoms with Gasteiger partial charge in [0, 0.05) is 53.2 Å². The molecule has 1 N–H and O–H groups in total. The maximum Gasteiger partial charge on any atom is 0.247 e. The van der Waals surface area contributed by atoms with Gasteiger partial charge in [0.2, 0.25) is 5.91 Å². The van der Waals surface area contributed by atoms with E-state index in [0.29, 0.717) is 11.5 Å². The summed E-state index contributed by atoms with van der Waals surface area (Å²) in [4.78, 5) is 25.4. The Morgan fingerprint density at radius 1 is 0.758 bits per heavy atom. The second-order valence-electron chi connectivity index (χ2n) is 7.27. The molecule has 1 aromatic carbocycles. The Morgan fingerprint density at radius 3 is 2.27 bits per heavy atom. The average Bonchev–Trinajstić information content (AvgIpc) is 3.29. The van der Waals surface area contributed by atoms with Crippen LogP contribution >= 0.6 is 0 Å². The van der Waals surface area contributed by atoms with Crippen molar-refractivity contribution in [2.75, 3.05) is 5.32 Å². The van der Waals surface area contributed by atoms with Crippen molar-refractivity contribution in [1.82, 2.24) is 29.9 Å². The monoisotopic (exact) mass is 433 g/mol. The summed E-state index contributed by atoms with van der Waals surface area (Å²) in [6, 6.07) is 21.0. The summed E-state index contributed by atoms with van der Waals surface area (Å²) in [6.45, 7) is -0.00561. The fourth-order valence-electron chi connectivity index (χ4n) is 3.50. The van der Waals surface area contributed by atoms with Gasteiger partial charge >= 0.3 is 0 Å². The van der Waals surface area contributed by atoms with Gasteiger partial charge in [-0.3, -0.25) is 14.8 Å². The minimum absolute atomic E-state index is 0.00561. The molecule has 8 nitrogen and oxygen atoms in total. The SMILES string of the molecule is O=C(Cn1nnc(-c2ccncc2)c1-c1ccccc1)Nc1ccc(-c2cccnc2)cn1. The number of hydrogen-bond donors (Lipinski definition) is 1. The zero-order valence-corrected chi connectivity index (χ0v) is 17.5. The molecule has 5 aromatic rings. The van der Waals surface area contributed by atoms with Crippen LogP contribution < -0.4 is 5.32 Å². The molecule has 0 aliphatic carbocycles. The molecule has 0 saturated carbocycles. The number of aromatic nitrogens is 6. The Bertz CT molecular complexity index is 1350. The largest absolute Gasteiger partial charge is 0.309 e. The van der Waals surface area contributed by atoms with Crippen LogP contribution in [0, 0.1) is 0 Å². The maximum atomic E-state index is 12.8. The van der Waals surface area contributed by atoms with E-state index in [4.69, 9.17) is 0 Å². The Balaban J connectivity index is 1.38. The molecule has 0 aliphatic heterocycles. The van der Waals surface area contributed by atoms with E-state index in [2.05, 4.69) is 30.6 Å². The Hall–Kier alpha value is -4.72. The first-order valence-electron chi connectivity index (χ1n) is 10.3. The number of pyridine rings is 3. The molecule has 0 spiro atoms. The fraction of sp³-hybridized carbons (Fsp3) is 0.0400. The zero-order chi connectivity index (χ0) is 22.5. The van der Waals surface area contributed by atoms with Gasteiger partial charge in [0.1, 0.15) is 18.1 Å². The molecule has 0 bridgehead atoms. The molecule has 0 fully saturated rings. The highest BCUT2D eigenvalue weighted by molar-refractivity contribution is 5.90. The Morgan fingerprint density at radius 2 is 1.55 bits per heavy atom. The van der Waals surface area contributed by atoms with Crippen LogP contribution in [-0.4, -0.2) is 35.9 Å². The molecule has 33 heavy (non-hydrogen) atoms. The number of carbonyl (C=O) groups excluding carboxylic acids is 1. The van der Waals surface area contributed by atoms with Crippen LogP contribution in [-0.2, 0) is 11.3 Å². The standard InChI is InChI=1S/C25H19N7O/c33-23(29-22-9-8-21(16-28-22)20-7-4-12-27-15-20)17-32-25(19-5-2-1-3-6-19)24(30-31-32)18-10-13-26-14-11-18/h1-16H,17H2,(H,28,29,33). The first-order chi connectivity index (χ1) is 16.3. The molecular formula is C25H19N7O. The van der Waals surface area contributed by atoms with E-state index >= 15 is 0 Å². The summed E-state index contributed by atoms with van der Waals surface area (Å²) in [5.74, 6) is 0.211. The Labute approximate surface area is 190 Å². The van der Waals surface area contributed by atoms with E-state index < -0.39 is 0 Å². The third kappa shape index (κ3) is 4.49. The van der Waals surface area contributed by atoms with E-state index in [1.54, 1.807) is 41.7 Å². The summed E-state index contributed by atoms with van der Waals surface area (Å²) < 4.78 is 1.60. The van der Waals surface area contributed by atoms with Gasteiger partial charge in [-0.25, -0.2) is 9.67 Å². The highest BCUT2D eigenvalue weighted by Crippen LogP contribution is 2.29. The second kappa shape index (κ2) is 9.19. The summed E-state index contributed by atoms with van der Waals surface area (Å²) in [7, 11) is 0. The quantitative estimate of drug-likeness (QED) is 0.433. The van der Waals surface area contributed by atoms with Gasteiger partial charge in [0.05, 0.1) is 5.69 Å². The average molecular weight is 433 g/mol. The zero-order valence-electron chi connectivity index (χ0n) is 17.5. The summed E-state index contributed by atoms with van der Waals surface area (Å²) in [5.41, 5.74) is 5.13. The van der Waals surface area contributed by atoms with Crippen molar-refractivity contribution in [3.8, 4) is 33.6 Å². The minimum Gasteiger partial charge on any atom is -0.309 e. The summed E-state index contributed by atoms with van der Waals surface area (Å²) >= 11 is 0. The number of nitrogens with one attached hydrogen (secondary N) is 1. The number of hydrogen-bond acceptors (Lipinski definition) is 6. The predicted octanol–water partition coefficient (Wildman–Crippen LogP) is 4.10. The van der Waals surface area contributed by atoms with Gasteiger partial charge in [-0.2, -0.15) is 0 Å². The number of rotatable bonds is 6. The highest BCUT2D eigenvalue weighted by atomic mass is 16.2. The van der Waals surface area contributed by atoms with Crippen LogP contribution in [0.2, 0.25) is 0 Å². The van der Waals surface area contributed by atoms with E-state index in [9.17, 15) is 4.79 Å². The molecule has 4 aromatic heterocycles. The van der Waals surface area contributed by atoms with Gasteiger partial charge in [0.25, 0.3) is 0 Å². The van der Waals surface area contributed by atoms with E-state index in [1.165, 1.54) is 0 Å². The fourth-order valence-corrected chi connectivity index (χ4v) is 3.50. The second-order valence-corrected chi connectivity index (χ2v) is 7.27. The molecule has 4 heterocycles. The van der Waals surface area contributed by atoms with Crippen molar-refractivity contribution in [3.63, 3.8) is 0 Å². The van der Waals surface area contributed by atoms with Crippen molar-refractivity contribution >= 4 is 11.7 Å². The van der Waals surface area contributed by atoms with Gasteiger partial charge in [-0.05, 0) is 30.3 Å². The molecule has 160 valence electrons. The lowest BCUT2D eigenvalue weighted by Gasteiger charge is -2.09. The molecule has 0 unspecified atom stereocenters. The summed E-state index contributed by atoms with van der Waals surface area (Å²) in [6.07, 6.45) is 8.61. The molecule has 8 heteroatoms. The van der Waals surface area contributed by atoms with Crippen molar-refractivity contribution < 1.29 is 4.79 Å². The first-order valence-corrected chi connectivity index (χ1v) is 10.3. The van der Waals surface area contributed by atoms with Gasteiger partial charge in [-0.15, -0.1) is 5.10 Å². The van der Waals surface area contributed by atoms with Gasteiger partial charge in [0.15, 0.2) is 0 Å². The molecule has 0 aliphatic rings. The van der Waals surface area contributed by atoms with Crippen molar-refractivity contribution in [2.45, 2.75) is 6.54 Å². The van der Waals surface area contributed by atoms with Gasteiger partial charge < -0.3 is 5.32 Å². The van der Waals surface area contributed by atoms with Crippen LogP contribution in [0.3, 0.4) is 0 Å². The van der Waals surface area contributed by atoms with Crippen molar-refractivity contribution in [3.05, 3.63) is 97.7 Å². The number of anilines is 1. The van der Waals surface area contributed by atoms with Gasteiger partial charge in [-0.1, -0.05) is 41.6 Å². The van der Waals surface area contributed by atoms with Crippen LogP contribution in [0.25, 0.3) is 33.6 Å². The maximum absolute atomic E-state index is 12.8. The van der Waals surface area contributed by atoms with Crippen LogP contribution in [0.15, 0.2) is 97.7 Å². The summed E-state index contributed by atoms with van der Waals surface area (Å²) in [5, 5.41) is 11.4. The molecule has 0 atom stereocenters. The molecule has 0 radical (unpaired) electrons. The normalized spacial score (nSPS) is 10.7. The number of benzene rings is 1. The smallest absolute Gasteiger partial charge is 0.247 e. The van der Waals surface area contributed by atoms with Crippen molar-refractivity contribution in [1.29, 1.82) is 0 Å². The van der Waals surface area contributed by atoms with Crippen LogP contribution in [0.4, 0.5) is 5.82 Å². The Kier molecular flexibility index (Phi) is 5.62. The minimum atomic E-state index is -0.250. The third-order valence-corrected chi connectivity index (χ3v) is 5.06. The van der Waals surface area contributed by atoms with E-state index in [-0.39, 0.29) is 12.5 Å². The lowest BCUT2D eigenvalue weighted by molar-refractivity contribution is -0.116. The van der Waals surface area contributed by atoms with Crippen LogP contribution in [0.5, 0.6) is 0 Å². The predicted molar refractivity (Wildman–Crippen MR) is 125 cm³/mol. The molecular weight excluding hydrogens is 414 g/mol. The third-order valence-electron chi connectivity index (χ3n) is 5.06. The molecule has 5 rings (SSSR count). The van der Waals surface area contributed by atoms with E-state index in [0.717, 1.165) is 27.9 Å². The first kappa shape index (κ1) is 20.2. The topological polar surface area (TPSA) is 98.5 Å². The lowest BCUT2D eigenvalue weighted by atomic mass is 10.1. The number of nitrogens with zero attached hydrogens (tertiary/aromatic N) is 6. The number of carbonyl (C=O) groups is 1. The van der Waals surface area contributed by atoms with E-state index in [1.807, 2.05) is 60.7 Å². The molecule has 0 saturated heterocycles. The highest BCUT2D eigenvalue weighted by Gasteiger charge is 2.18. The number of amides is 1.